The van der Waals surface area contributed by atoms with E-state index < -0.39 is 0 Å². The number of carbonyl (C=O) groups is 2. The van der Waals surface area contributed by atoms with Crippen LogP contribution in [0.4, 0.5) is 0 Å². The quantitative estimate of drug-likeness (QED) is 0.713. The van der Waals surface area contributed by atoms with Crippen LogP contribution in [0.3, 0.4) is 0 Å². The van der Waals surface area contributed by atoms with Crippen molar-refractivity contribution in [2.24, 2.45) is 0 Å². The van der Waals surface area contributed by atoms with E-state index in [0.29, 0.717) is 11.1 Å². The van der Waals surface area contributed by atoms with Crippen LogP contribution in [0.15, 0.2) is 11.1 Å². The first-order valence-electron chi connectivity index (χ1n) is 6.84. The summed E-state index contributed by atoms with van der Waals surface area (Å²) in [5.74, 6) is -0.141. The van der Waals surface area contributed by atoms with Gasteiger partial charge in [-0.3, -0.25) is 14.5 Å². The molecule has 18 heavy (non-hydrogen) atoms. The van der Waals surface area contributed by atoms with Gasteiger partial charge in [0.05, 0.1) is 0 Å². The molecule has 2 heterocycles. The normalized spacial score (nSPS) is 31.2. The highest BCUT2D eigenvalue weighted by Gasteiger charge is 2.46. The zero-order chi connectivity index (χ0) is 12.9. The fourth-order valence-electron chi connectivity index (χ4n) is 3.44. The maximum Gasteiger partial charge on any atom is 0.257 e. The monoisotopic (exact) mass is 248 g/mol. The van der Waals surface area contributed by atoms with Gasteiger partial charge in [-0.05, 0) is 52.5 Å². The highest BCUT2D eigenvalue weighted by molar-refractivity contribution is 6.19. The molecule has 0 radical (unpaired) electrons. The first-order chi connectivity index (χ1) is 8.54. The van der Waals surface area contributed by atoms with Gasteiger partial charge in [-0.15, -0.1) is 0 Å². The molecule has 1 unspecified atom stereocenters. The van der Waals surface area contributed by atoms with Gasteiger partial charge in [0.15, 0.2) is 0 Å². The summed E-state index contributed by atoms with van der Waals surface area (Å²) >= 11 is 0. The molecule has 1 spiro atoms. The molecular formula is C14H20N2O2. The molecule has 0 bridgehead atoms. The Kier molecular flexibility index (Phi) is 2.59. The molecule has 1 N–H and O–H groups in total. The molecule has 1 aliphatic carbocycles. The van der Waals surface area contributed by atoms with Gasteiger partial charge in [0, 0.05) is 22.7 Å². The largest absolute Gasteiger partial charge is 0.311 e. The lowest BCUT2D eigenvalue weighted by molar-refractivity contribution is -0.141. The van der Waals surface area contributed by atoms with Crippen LogP contribution in [-0.2, 0) is 9.59 Å². The highest BCUT2D eigenvalue weighted by atomic mass is 16.2. The van der Waals surface area contributed by atoms with Gasteiger partial charge in [-0.25, -0.2) is 0 Å². The molecule has 3 aliphatic rings. The Balaban J connectivity index is 1.80. The third-order valence-corrected chi connectivity index (χ3v) is 4.92. The summed E-state index contributed by atoms with van der Waals surface area (Å²) in [6.45, 7) is 4.44. The third-order valence-electron chi connectivity index (χ3n) is 4.92. The first kappa shape index (κ1) is 11.9. The number of amides is 2. The van der Waals surface area contributed by atoms with Gasteiger partial charge in [-0.1, -0.05) is 0 Å². The van der Waals surface area contributed by atoms with Gasteiger partial charge < -0.3 is 5.32 Å². The Morgan fingerprint density at radius 3 is 2.28 bits per heavy atom. The number of nitrogens with zero attached hydrogens (tertiary/aromatic N) is 1. The smallest absolute Gasteiger partial charge is 0.257 e. The van der Waals surface area contributed by atoms with Gasteiger partial charge in [0.1, 0.15) is 0 Å². The van der Waals surface area contributed by atoms with E-state index in [4.69, 9.17) is 0 Å². The van der Waals surface area contributed by atoms with Gasteiger partial charge in [-0.2, -0.15) is 0 Å². The molecule has 2 aliphatic heterocycles. The Hall–Kier alpha value is -1.16. The van der Waals surface area contributed by atoms with Crippen molar-refractivity contribution in [1.82, 2.24) is 10.2 Å². The lowest BCUT2D eigenvalue weighted by Crippen LogP contribution is -2.60. The maximum atomic E-state index is 12.2. The fraction of sp³-hybridized carbons (Fsp3) is 0.714. The van der Waals surface area contributed by atoms with Crippen molar-refractivity contribution in [3.05, 3.63) is 11.1 Å². The van der Waals surface area contributed by atoms with Crippen molar-refractivity contribution in [1.29, 1.82) is 0 Å². The average molecular weight is 248 g/mol. The third kappa shape index (κ3) is 1.55. The van der Waals surface area contributed by atoms with Crippen LogP contribution in [0.1, 0.15) is 46.0 Å². The number of imide groups is 1. The van der Waals surface area contributed by atoms with Gasteiger partial charge in [0.2, 0.25) is 0 Å². The Bertz CT molecular complexity index is 425. The van der Waals surface area contributed by atoms with Crippen LogP contribution in [0.5, 0.6) is 0 Å². The van der Waals surface area contributed by atoms with Crippen LogP contribution in [0, 0.1) is 0 Å². The van der Waals surface area contributed by atoms with Crippen molar-refractivity contribution >= 4 is 11.8 Å². The molecule has 3 rings (SSSR count). The summed E-state index contributed by atoms with van der Waals surface area (Å²) in [7, 11) is 0. The zero-order valence-corrected chi connectivity index (χ0v) is 11.1. The van der Waals surface area contributed by atoms with E-state index >= 15 is 0 Å². The predicted octanol–water partition coefficient (Wildman–Crippen LogP) is 1.37. The summed E-state index contributed by atoms with van der Waals surface area (Å²) < 4.78 is 0. The van der Waals surface area contributed by atoms with E-state index in [2.05, 4.69) is 5.32 Å². The second kappa shape index (κ2) is 3.92. The number of hydrogen-bond acceptors (Lipinski definition) is 3. The predicted molar refractivity (Wildman–Crippen MR) is 67.8 cm³/mol. The van der Waals surface area contributed by atoms with Crippen LogP contribution in [-0.4, -0.2) is 34.8 Å². The Morgan fingerprint density at radius 2 is 1.78 bits per heavy atom. The lowest BCUT2D eigenvalue weighted by atomic mass is 9.70. The van der Waals surface area contributed by atoms with E-state index in [1.165, 1.54) is 24.2 Å². The number of rotatable bonds is 1. The average Bonchev–Trinajstić information content (AvgIpc) is 2.52. The summed E-state index contributed by atoms with van der Waals surface area (Å²) in [6, 6.07) is 0.0962. The summed E-state index contributed by atoms with van der Waals surface area (Å²) in [5.41, 5.74) is 1.47. The molecule has 1 saturated heterocycles. The fourth-order valence-corrected chi connectivity index (χ4v) is 3.44. The van der Waals surface area contributed by atoms with Crippen molar-refractivity contribution in [2.45, 2.75) is 57.5 Å². The van der Waals surface area contributed by atoms with Crippen LogP contribution in [0.2, 0.25) is 0 Å². The topological polar surface area (TPSA) is 49.4 Å². The first-order valence-corrected chi connectivity index (χ1v) is 6.84. The molecule has 4 nitrogen and oxygen atoms in total. The number of carbonyl (C=O) groups excluding carboxylic acids is 2. The van der Waals surface area contributed by atoms with Crippen molar-refractivity contribution in [3.8, 4) is 0 Å². The van der Waals surface area contributed by atoms with Crippen LogP contribution >= 0.6 is 0 Å². The van der Waals surface area contributed by atoms with Gasteiger partial charge >= 0.3 is 0 Å². The minimum atomic E-state index is -0.0705. The second-order valence-electron chi connectivity index (χ2n) is 5.94. The Labute approximate surface area is 107 Å². The standard InChI is InChI=1S/C14H20N2O2/c1-9-10(2)13(18)16(12(9)17)11-4-7-15-14(8-11)5-3-6-14/h11,15H,3-8H2,1-2H3. The zero-order valence-electron chi connectivity index (χ0n) is 11.1. The molecule has 0 aromatic heterocycles. The van der Waals surface area contributed by atoms with E-state index in [-0.39, 0.29) is 23.4 Å². The molecule has 2 amide bonds. The molecule has 4 heteroatoms. The van der Waals surface area contributed by atoms with E-state index in [1.54, 1.807) is 13.8 Å². The van der Waals surface area contributed by atoms with Gasteiger partial charge in [0.25, 0.3) is 11.8 Å². The minimum Gasteiger partial charge on any atom is -0.311 e. The molecule has 1 atom stereocenters. The van der Waals surface area contributed by atoms with Crippen molar-refractivity contribution in [3.63, 3.8) is 0 Å². The second-order valence-corrected chi connectivity index (χ2v) is 5.94. The van der Waals surface area contributed by atoms with Crippen LogP contribution < -0.4 is 5.32 Å². The van der Waals surface area contributed by atoms with E-state index in [1.807, 2.05) is 0 Å². The minimum absolute atomic E-state index is 0.0705. The number of hydrogen-bond donors (Lipinski definition) is 1. The lowest BCUT2D eigenvalue weighted by Gasteiger charge is -2.49. The molecule has 1 saturated carbocycles. The molecule has 0 aromatic carbocycles. The molecule has 2 fully saturated rings. The number of nitrogens with one attached hydrogen (secondary N) is 1. The molecule has 0 aromatic rings. The number of piperidine rings is 1. The van der Waals surface area contributed by atoms with E-state index in [9.17, 15) is 9.59 Å². The maximum absolute atomic E-state index is 12.2. The SMILES string of the molecule is CC1=C(C)C(=O)N(C2CCNC3(CCC3)C2)C1=O. The Morgan fingerprint density at radius 1 is 1.17 bits per heavy atom. The van der Waals surface area contributed by atoms with Crippen molar-refractivity contribution in [2.75, 3.05) is 6.54 Å². The van der Waals surface area contributed by atoms with Crippen molar-refractivity contribution < 1.29 is 9.59 Å². The van der Waals surface area contributed by atoms with Crippen LogP contribution in [0.25, 0.3) is 0 Å². The van der Waals surface area contributed by atoms with E-state index in [0.717, 1.165) is 19.4 Å². The summed E-state index contributed by atoms with van der Waals surface area (Å²) in [5, 5.41) is 3.57. The summed E-state index contributed by atoms with van der Waals surface area (Å²) in [4.78, 5) is 25.9. The molecular weight excluding hydrogens is 228 g/mol. The molecule has 98 valence electrons. The highest BCUT2D eigenvalue weighted by Crippen LogP contribution is 2.40. The summed E-state index contributed by atoms with van der Waals surface area (Å²) in [6.07, 6.45) is 5.46.